The van der Waals surface area contributed by atoms with Crippen LogP contribution in [0.1, 0.15) is 53.5 Å². The fourth-order valence-electron chi connectivity index (χ4n) is 3.27. The normalized spacial score (nSPS) is 14.3. The number of rotatable bonds is 8. The third-order valence-electron chi connectivity index (χ3n) is 4.51. The highest BCUT2D eigenvalue weighted by Crippen LogP contribution is 2.41. The van der Waals surface area contributed by atoms with Crippen LogP contribution < -0.4 is 10.5 Å². The second-order valence-electron chi connectivity index (χ2n) is 6.59. The first-order valence-corrected chi connectivity index (χ1v) is 9.67. The smallest absolute Gasteiger partial charge is 0.416 e. The van der Waals surface area contributed by atoms with Gasteiger partial charge in [-0.05, 0) is 63.6 Å². The molecule has 0 fully saturated rings. The third kappa shape index (κ3) is 4.80. The lowest BCUT2D eigenvalue weighted by atomic mass is 9.85. The topological polar surface area (TPSA) is 35.2 Å². The minimum atomic E-state index is -4.35. The van der Waals surface area contributed by atoms with E-state index in [-0.39, 0.29) is 0 Å². The van der Waals surface area contributed by atoms with Crippen LogP contribution in [0, 0.1) is 13.8 Å². The van der Waals surface area contributed by atoms with Gasteiger partial charge >= 0.3 is 6.18 Å². The van der Waals surface area contributed by atoms with E-state index in [9.17, 15) is 13.2 Å². The van der Waals surface area contributed by atoms with Crippen LogP contribution in [0.2, 0.25) is 0 Å². The fourth-order valence-corrected chi connectivity index (χ4v) is 4.28. The van der Waals surface area contributed by atoms with Gasteiger partial charge in [0.05, 0.1) is 5.56 Å². The Labute approximate surface area is 157 Å². The molecule has 0 aliphatic heterocycles. The maximum atomic E-state index is 12.8. The van der Waals surface area contributed by atoms with Gasteiger partial charge < -0.3 is 10.5 Å². The van der Waals surface area contributed by atoms with Gasteiger partial charge in [-0.3, -0.25) is 0 Å². The number of ether oxygens (including phenoxy) is 1. The van der Waals surface area contributed by atoms with Crippen molar-refractivity contribution < 1.29 is 17.9 Å². The van der Waals surface area contributed by atoms with Gasteiger partial charge in [0.2, 0.25) is 0 Å². The standard InChI is InChI=1S/C20H26F3NOS/c1-4-5-10-19(11-12-24,18-13-14(2)26-15(18)3)25-17-8-6-16(7-9-17)20(21,22)23/h6-9,13H,4-5,10-12,24H2,1-3H3. The molecule has 2 aromatic rings. The number of nitrogens with two attached hydrogens (primary N) is 1. The SMILES string of the molecule is CCCCC(CCN)(Oc1ccc(C(F)(F)F)cc1)c1cc(C)sc1C. The van der Waals surface area contributed by atoms with Crippen molar-refractivity contribution in [2.24, 2.45) is 5.73 Å². The van der Waals surface area contributed by atoms with Gasteiger partial charge in [-0.2, -0.15) is 13.2 Å². The molecule has 0 spiro atoms. The molecule has 1 atom stereocenters. The summed E-state index contributed by atoms with van der Waals surface area (Å²) in [5, 5.41) is 0. The van der Waals surface area contributed by atoms with Crippen molar-refractivity contribution in [3.8, 4) is 5.75 Å². The van der Waals surface area contributed by atoms with Gasteiger partial charge in [0.25, 0.3) is 0 Å². The summed E-state index contributed by atoms with van der Waals surface area (Å²) in [6.45, 7) is 6.66. The zero-order valence-electron chi connectivity index (χ0n) is 15.5. The molecule has 0 saturated carbocycles. The van der Waals surface area contributed by atoms with Gasteiger partial charge in [0, 0.05) is 21.7 Å². The van der Waals surface area contributed by atoms with E-state index in [4.69, 9.17) is 10.5 Å². The van der Waals surface area contributed by atoms with Crippen molar-refractivity contribution in [2.75, 3.05) is 6.54 Å². The highest BCUT2D eigenvalue weighted by molar-refractivity contribution is 7.12. The third-order valence-corrected chi connectivity index (χ3v) is 5.47. The summed E-state index contributed by atoms with van der Waals surface area (Å²) in [5.41, 5.74) is 5.70. The molecule has 0 radical (unpaired) electrons. The molecule has 26 heavy (non-hydrogen) atoms. The van der Waals surface area contributed by atoms with E-state index in [1.807, 2.05) is 6.92 Å². The van der Waals surface area contributed by atoms with Crippen LogP contribution in [-0.4, -0.2) is 6.54 Å². The summed E-state index contributed by atoms with van der Waals surface area (Å²) >= 11 is 1.70. The lowest BCUT2D eigenvalue weighted by molar-refractivity contribution is -0.137. The number of aryl methyl sites for hydroxylation is 2. The van der Waals surface area contributed by atoms with Crippen molar-refractivity contribution in [1.29, 1.82) is 0 Å². The van der Waals surface area contributed by atoms with Crippen molar-refractivity contribution in [3.05, 3.63) is 51.2 Å². The number of halogens is 3. The highest BCUT2D eigenvalue weighted by atomic mass is 32.1. The number of thiophene rings is 1. The molecular formula is C20H26F3NOS. The Morgan fingerprint density at radius 3 is 2.19 bits per heavy atom. The fraction of sp³-hybridized carbons (Fsp3) is 0.500. The molecule has 6 heteroatoms. The Morgan fingerprint density at radius 1 is 1.08 bits per heavy atom. The van der Waals surface area contributed by atoms with Gasteiger partial charge in [-0.15, -0.1) is 11.3 Å². The van der Waals surface area contributed by atoms with E-state index in [1.165, 1.54) is 21.9 Å². The van der Waals surface area contributed by atoms with E-state index in [1.54, 1.807) is 11.3 Å². The Kier molecular flexibility index (Phi) is 6.74. The zero-order valence-corrected chi connectivity index (χ0v) is 16.3. The molecule has 0 saturated heterocycles. The Hall–Kier alpha value is -1.53. The van der Waals surface area contributed by atoms with Crippen LogP contribution in [0.5, 0.6) is 5.75 Å². The summed E-state index contributed by atoms with van der Waals surface area (Å²) < 4.78 is 44.8. The minimum Gasteiger partial charge on any atom is -0.482 e. The van der Waals surface area contributed by atoms with Crippen molar-refractivity contribution in [3.63, 3.8) is 0 Å². The first kappa shape index (κ1) is 20.8. The van der Waals surface area contributed by atoms with Gasteiger partial charge in [0.1, 0.15) is 11.4 Å². The largest absolute Gasteiger partial charge is 0.482 e. The molecule has 0 amide bonds. The Balaban J connectivity index is 2.41. The van der Waals surface area contributed by atoms with E-state index in [0.29, 0.717) is 18.7 Å². The lowest BCUT2D eigenvalue weighted by Crippen LogP contribution is -2.36. The van der Waals surface area contributed by atoms with Crippen molar-refractivity contribution in [2.45, 2.75) is 58.2 Å². The molecule has 144 valence electrons. The Bertz CT molecular complexity index is 709. The van der Waals surface area contributed by atoms with E-state index in [0.717, 1.165) is 37.0 Å². The van der Waals surface area contributed by atoms with Crippen molar-refractivity contribution in [1.82, 2.24) is 0 Å². The van der Waals surface area contributed by atoms with Crippen molar-refractivity contribution >= 4 is 11.3 Å². The second-order valence-corrected chi connectivity index (χ2v) is 8.05. The molecule has 0 bridgehead atoms. The quantitative estimate of drug-likeness (QED) is 0.587. The number of hydrogen-bond acceptors (Lipinski definition) is 3. The van der Waals surface area contributed by atoms with Crippen LogP contribution in [0.3, 0.4) is 0 Å². The molecular weight excluding hydrogens is 359 g/mol. The van der Waals surface area contributed by atoms with E-state index >= 15 is 0 Å². The summed E-state index contributed by atoms with van der Waals surface area (Å²) in [5.74, 6) is 0.436. The summed E-state index contributed by atoms with van der Waals surface area (Å²) in [7, 11) is 0. The molecule has 0 aliphatic carbocycles. The molecule has 1 heterocycles. The average molecular weight is 385 g/mol. The number of hydrogen-bond donors (Lipinski definition) is 1. The van der Waals surface area contributed by atoms with Crippen LogP contribution >= 0.6 is 11.3 Å². The number of unbranched alkanes of at least 4 members (excludes halogenated alkanes) is 1. The maximum Gasteiger partial charge on any atom is 0.416 e. The van der Waals surface area contributed by atoms with Gasteiger partial charge in [-0.1, -0.05) is 13.3 Å². The number of alkyl halides is 3. The highest BCUT2D eigenvalue weighted by Gasteiger charge is 2.36. The first-order valence-electron chi connectivity index (χ1n) is 8.85. The van der Waals surface area contributed by atoms with Crippen LogP contribution in [0.15, 0.2) is 30.3 Å². The van der Waals surface area contributed by atoms with Crippen LogP contribution in [-0.2, 0) is 11.8 Å². The summed E-state index contributed by atoms with van der Waals surface area (Å²) in [6.07, 6.45) is -1.00. The average Bonchev–Trinajstić information content (AvgIpc) is 2.91. The molecule has 1 aromatic heterocycles. The van der Waals surface area contributed by atoms with Crippen LogP contribution in [0.25, 0.3) is 0 Å². The second kappa shape index (κ2) is 8.44. The predicted octanol–water partition coefficient (Wildman–Crippen LogP) is 6.20. The molecule has 1 aromatic carbocycles. The molecule has 2 rings (SSSR count). The van der Waals surface area contributed by atoms with Gasteiger partial charge in [-0.25, -0.2) is 0 Å². The minimum absolute atomic E-state index is 0.436. The van der Waals surface area contributed by atoms with Gasteiger partial charge in [0.15, 0.2) is 0 Å². The number of benzene rings is 1. The summed E-state index contributed by atoms with van der Waals surface area (Å²) in [6, 6.07) is 7.04. The van der Waals surface area contributed by atoms with E-state index < -0.39 is 17.3 Å². The molecule has 1 unspecified atom stereocenters. The zero-order chi connectivity index (χ0) is 19.4. The maximum absolute atomic E-state index is 12.8. The van der Waals surface area contributed by atoms with Crippen LogP contribution in [0.4, 0.5) is 13.2 Å². The summed E-state index contributed by atoms with van der Waals surface area (Å²) in [4.78, 5) is 2.35. The van der Waals surface area contributed by atoms with E-state index in [2.05, 4.69) is 19.9 Å². The molecule has 0 aliphatic rings. The lowest BCUT2D eigenvalue weighted by Gasteiger charge is -2.35. The Morgan fingerprint density at radius 2 is 1.73 bits per heavy atom. The molecule has 2 nitrogen and oxygen atoms in total. The monoisotopic (exact) mass is 385 g/mol. The first-order chi connectivity index (χ1) is 12.2. The molecule has 2 N–H and O–H groups in total. The predicted molar refractivity (Wildman–Crippen MR) is 101 cm³/mol.